The lowest BCUT2D eigenvalue weighted by Gasteiger charge is -2.27. The quantitative estimate of drug-likeness (QED) is 0.858. The van der Waals surface area contributed by atoms with Gasteiger partial charge in [-0.3, -0.25) is 4.79 Å². The van der Waals surface area contributed by atoms with Gasteiger partial charge in [-0.05, 0) is 31.7 Å². The molecule has 1 unspecified atom stereocenters. The van der Waals surface area contributed by atoms with Crippen LogP contribution in [-0.2, 0) is 9.53 Å². The van der Waals surface area contributed by atoms with Crippen LogP contribution in [-0.4, -0.2) is 28.5 Å². The first-order chi connectivity index (χ1) is 11.7. The number of rotatable bonds is 4. The Balaban J connectivity index is 1.56. The van der Waals surface area contributed by atoms with Gasteiger partial charge in [-0.1, -0.05) is 12.1 Å². The summed E-state index contributed by atoms with van der Waals surface area (Å²) in [6.45, 7) is 0. The number of carbonyl (C=O) groups is 1. The number of hydrogen-bond acceptors (Lipinski definition) is 3. The third-order valence-electron chi connectivity index (χ3n) is 5.52. The van der Waals surface area contributed by atoms with E-state index in [-0.39, 0.29) is 29.7 Å². The smallest absolute Gasteiger partial charge is 0.138 e. The Labute approximate surface area is 140 Å². The number of aromatic nitrogens is 2. The number of Topliss-reactive ketones (excluding diaryl/α,β-unsaturated/α-hetero) is 1. The van der Waals surface area contributed by atoms with Crippen LogP contribution in [0.1, 0.15) is 43.7 Å². The molecule has 0 N–H and O–H groups in total. The molecule has 1 aromatic heterocycles. The molecule has 5 heteroatoms. The van der Waals surface area contributed by atoms with Crippen LogP contribution < -0.4 is 0 Å². The molecule has 0 spiro atoms. The maximum absolute atomic E-state index is 14.4. The Bertz CT molecular complexity index is 762. The number of methoxy groups -OCH3 is 1. The Kier molecular flexibility index (Phi) is 3.96. The van der Waals surface area contributed by atoms with Crippen molar-refractivity contribution < 1.29 is 13.9 Å². The molecule has 2 heterocycles. The minimum Gasteiger partial charge on any atom is -0.381 e. The second-order valence-corrected chi connectivity index (χ2v) is 6.78. The van der Waals surface area contributed by atoms with Crippen molar-refractivity contribution in [2.24, 2.45) is 5.92 Å². The number of halogens is 1. The van der Waals surface area contributed by atoms with E-state index in [9.17, 15) is 9.18 Å². The van der Waals surface area contributed by atoms with Gasteiger partial charge < -0.3 is 9.30 Å². The van der Waals surface area contributed by atoms with Gasteiger partial charge in [-0.15, -0.1) is 0 Å². The third kappa shape index (κ3) is 2.47. The Morgan fingerprint density at radius 2 is 2.12 bits per heavy atom. The van der Waals surface area contributed by atoms with E-state index in [0.717, 1.165) is 36.9 Å². The molecule has 1 saturated carbocycles. The van der Waals surface area contributed by atoms with Crippen LogP contribution >= 0.6 is 0 Å². The average Bonchev–Trinajstić information content (AvgIpc) is 3.18. The number of benzene rings is 1. The third-order valence-corrected chi connectivity index (χ3v) is 5.52. The maximum Gasteiger partial charge on any atom is 0.138 e. The predicted octanol–water partition coefficient (Wildman–Crippen LogP) is 3.76. The zero-order chi connectivity index (χ0) is 16.7. The SMILES string of the molecule is COC1CCC(C(=O)CC2c3c(F)cccc3-c3cncn32)CC1. The van der Waals surface area contributed by atoms with Crippen molar-refractivity contribution in [1.82, 2.24) is 9.55 Å². The summed E-state index contributed by atoms with van der Waals surface area (Å²) >= 11 is 0. The summed E-state index contributed by atoms with van der Waals surface area (Å²) in [4.78, 5) is 17.0. The number of nitrogens with zero attached hydrogens (tertiary/aromatic N) is 2. The van der Waals surface area contributed by atoms with Gasteiger partial charge in [0.15, 0.2) is 0 Å². The molecule has 2 aromatic rings. The summed E-state index contributed by atoms with van der Waals surface area (Å²) in [5.74, 6) is 0.0570. The van der Waals surface area contributed by atoms with Gasteiger partial charge >= 0.3 is 0 Å². The lowest BCUT2D eigenvalue weighted by molar-refractivity contribution is -0.125. The first kappa shape index (κ1) is 15.5. The number of hydrogen-bond donors (Lipinski definition) is 0. The van der Waals surface area contributed by atoms with Gasteiger partial charge in [0.1, 0.15) is 11.6 Å². The second-order valence-electron chi connectivity index (χ2n) is 6.78. The molecule has 126 valence electrons. The molecule has 0 amide bonds. The number of ketones is 1. The van der Waals surface area contributed by atoms with Crippen LogP contribution in [0.3, 0.4) is 0 Å². The summed E-state index contributed by atoms with van der Waals surface area (Å²) < 4.78 is 21.7. The van der Waals surface area contributed by atoms with E-state index in [4.69, 9.17) is 4.74 Å². The van der Waals surface area contributed by atoms with Crippen molar-refractivity contribution in [3.05, 3.63) is 42.1 Å². The molecule has 2 aliphatic rings. The minimum absolute atomic E-state index is 0.0687. The fourth-order valence-corrected chi connectivity index (χ4v) is 4.18. The van der Waals surface area contributed by atoms with Crippen molar-refractivity contribution >= 4 is 5.78 Å². The highest BCUT2D eigenvalue weighted by atomic mass is 19.1. The monoisotopic (exact) mass is 328 g/mol. The van der Waals surface area contributed by atoms with E-state index < -0.39 is 0 Å². The number of imidazole rings is 1. The topological polar surface area (TPSA) is 44.1 Å². The van der Waals surface area contributed by atoms with Crippen molar-refractivity contribution in [2.45, 2.75) is 44.2 Å². The Morgan fingerprint density at radius 1 is 1.33 bits per heavy atom. The first-order valence-electron chi connectivity index (χ1n) is 8.55. The Hall–Kier alpha value is -2.01. The average molecular weight is 328 g/mol. The van der Waals surface area contributed by atoms with Crippen LogP contribution in [0.15, 0.2) is 30.7 Å². The van der Waals surface area contributed by atoms with E-state index in [0.29, 0.717) is 12.0 Å². The van der Waals surface area contributed by atoms with Crippen LogP contribution in [0.25, 0.3) is 11.3 Å². The van der Waals surface area contributed by atoms with Gasteiger partial charge in [-0.25, -0.2) is 9.37 Å². The Morgan fingerprint density at radius 3 is 2.88 bits per heavy atom. The van der Waals surface area contributed by atoms with E-state index in [2.05, 4.69) is 4.98 Å². The molecule has 4 nitrogen and oxygen atoms in total. The molecule has 1 fully saturated rings. The highest BCUT2D eigenvalue weighted by molar-refractivity contribution is 5.83. The van der Waals surface area contributed by atoms with Gasteiger partial charge in [0.05, 0.1) is 30.4 Å². The summed E-state index contributed by atoms with van der Waals surface area (Å²) in [5.41, 5.74) is 2.38. The van der Waals surface area contributed by atoms with Crippen LogP contribution in [0.5, 0.6) is 0 Å². The highest BCUT2D eigenvalue weighted by Gasteiger charge is 2.35. The second kappa shape index (κ2) is 6.13. The predicted molar refractivity (Wildman–Crippen MR) is 88.1 cm³/mol. The summed E-state index contributed by atoms with van der Waals surface area (Å²) in [7, 11) is 1.73. The molecule has 1 atom stereocenters. The van der Waals surface area contributed by atoms with Crippen LogP contribution in [0, 0.1) is 11.7 Å². The van der Waals surface area contributed by atoms with Gasteiger partial charge in [0.25, 0.3) is 0 Å². The van der Waals surface area contributed by atoms with Crippen LogP contribution in [0.2, 0.25) is 0 Å². The molecule has 24 heavy (non-hydrogen) atoms. The van der Waals surface area contributed by atoms with Gasteiger partial charge in [0, 0.05) is 30.6 Å². The fraction of sp³-hybridized carbons (Fsp3) is 0.474. The van der Waals surface area contributed by atoms with Gasteiger partial charge in [0.2, 0.25) is 0 Å². The van der Waals surface area contributed by atoms with Crippen molar-refractivity contribution in [2.75, 3.05) is 7.11 Å². The minimum atomic E-state index is -0.272. The molecule has 1 aliphatic carbocycles. The lowest BCUT2D eigenvalue weighted by atomic mass is 9.82. The van der Waals surface area contributed by atoms with E-state index in [1.54, 1.807) is 25.7 Å². The molecule has 0 bridgehead atoms. The standard InChI is InChI=1S/C19H21FN2O2/c1-24-13-7-5-12(6-8-13)18(23)9-16-19-14(3-2-4-15(19)20)17-10-21-11-22(16)17/h2-4,10-13,16H,5-9H2,1H3. The van der Waals surface area contributed by atoms with E-state index in [1.807, 2.05) is 10.6 Å². The molecular weight excluding hydrogens is 307 g/mol. The van der Waals surface area contributed by atoms with Crippen LogP contribution in [0.4, 0.5) is 4.39 Å². The molecule has 1 aliphatic heterocycles. The summed E-state index contributed by atoms with van der Waals surface area (Å²) in [6, 6.07) is 4.81. The number of carbonyl (C=O) groups excluding carboxylic acids is 1. The summed E-state index contributed by atoms with van der Waals surface area (Å²) in [6.07, 6.45) is 7.65. The molecular formula is C19H21FN2O2. The largest absolute Gasteiger partial charge is 0.381 e. The maximum atomic E-state index is 14.4. The highest BCUT2D eigenvalue weighted by Crippen LogP contribution is 2.43. The molecule has 4 rings (SSSR count). The normalized spacial score (nSPS) is 25.3. The number of fused-ring (bicyclic) bond motifs is 3. The fourth-order valence-electron chi connectivity index (χ4n) is 4.18. The zero-order valence-corrected chi connectivity index (χ0v) is 13.7. The van der Waals surface area contributed by atoms with Crippen molar-refractivity contribution in [1.29, 1.82) is 0 Å². The lowest BCUT2D eigenvalue weighted by Crippen LogP contribution is -2.27. The molecule has 0 saturated heterocycles. The van der Waals surface area contributed by atoms with Gasteiger partial charge in [-0.2, -0.15) is 0 Å². The molecule has 0 radical (unpaired) electrons. The van der Waals surface area contributed by atoms with Crippen molar-refractivity contribution in [3.63, 3.8) is 0 Å². The first-order valence-corrected chi connectivity index (χ1v) is 8.55. The van der Waals surface area contributed by atoms with E-state index in [1.165, 1.54) is 6.07 Å². The number of ether oxygens (including phenoxy) is 1. The summed E-state index contributed by atoms with van der Waals surface area (Å²) in [5, 5.41) is 0. The van der Waals surface area contributed by atoms with E-state index >= 15 is 0 Å². The van der Waals surface area contributed by atoms with Crippen molar-refractivity contribution in [3.8, 4) is 11.3 Å². The zero-order valence-electron chi connectivity index (χ0n) is 13.7. The molecule has 1 aromatic carbocycles.